The van der Waals surface area contributed by atoms with E-state index in [-0.39, 0.29) is 17.1 Å². The van der Waals surface area contributed by atoms with Crippen LogP contribution in [0.3, 0.4) is 0 Å². The highest BCUT2D eigenvalue weighted by Crippen LogP contribution is 2.35. The lowest BCUT2D eigenvalue weighted by molar-refractivity contribution is -0.600. The van der Waals surface area contributed by atoms with Gasteiger partial charge in [-0.2, -0.15) is 0 Å². The highest BCUT2D eigenvalue weighted by molar-refractivity contribution is 5.93. The molecule has 2 rings (SSSR count). The van der Waals surface area contributed by atoms with Gasteiger partial charge in [0, 0.05) is 5.56 Å². The van der Waals surface area contributed by atoms with Crippen molar-refractivity contribution in [1.82, 2.24) is 0 Å². The smallest absolute Gasteiger partial charge is 0.394 e. The Morgan fingerprint density at radius 2 is 2.07 bits per heavy atom. The molecule has 2 N–H and O–H groups in total. The van der Waals surface area contributed by atoms with Crippen LogP contribution in [-0.2, 0) is 0 Å². The monoisotopic (exact) mass is 210 g/mol. The first-order valence-electron chi connectivity index (χ1n) is 3.98. The molecule has 7 nitrogen and oxygen atoms in total. The van der Waals surface area contributed by atoms with Crippen molar-refractivity contribution < 1.29 is 19.2 Å². The minimum atomic E-state index is -1.55. The lowest BCUT2D eigenvalue weighted by Gasteiger charge is -1.98. The normalized spacial score (nSPS) is 17.5. The lowest BCUT2D eigenvalue weighted by atomic mass is 10.2. The van der Waals surface area contributed by atoms with Crippen LogP contribution in [0.4, 0.5) is 0 Å². The third kappa shape index (κ3) is 1.54. The molecule has 78 valence electrons. The van der Waals surface area contributed by atoms with E-state index in [0.717, 1.165) is 0 Å². The van der Waals surface area contributed by atoms with Crippen LogP contribution in [-0.4, -0.2) is 17.2 Å². The minimum Gasteiger partial charge on any atom is -0.394 e. The summed E-state index contributed by atoms with van der Waals surface area (Å²) in [6.45, 7) is 0. The van der Waals surface area contributed by atoms with Gasteiger partial charge in [-0.05, 0) is 18.2 Å². The number of ether oxygens (including phenoxy) is 2. The van der Waals surface area contributed by atoms with Gasteiger partial charge in [0.05, 0.1) is 0 Å². The molecule has 0 radical (unpaired) electrons. The average Bonchev–Trinajstić information content (AvgIpc) is 2.59. The molecule has 1 aromatic carbocycles. The third-order valence-corrected chi connectivity index (χ3v) is 1.86. The fourth-order valence-electron chi connectivity index (χ4n) is 1.18. The van der Waals surface area contributed by atoms with Crippen molar-refractivity contribution >= 4 is 5.91 Å². The summed E-state index contributed by atoms with van der Waals surface area (Å²) in [4.78, 5) is 20.4. The third-order valence-electron chi connectivity index (χ3n) is 1.86. The van der Waals surface area contributed by atoms with Crippen molar-refractivity contribution in [2.24, 2.45) is 5.73 Å². The predicted octanol–water partition coefficient (Wildman–Crippen LogP) is 0.117. The number of hydrogen-bond acceptors (Lipinski definition) is 5. The molecule has 1 heterocycles. The summed E-state index contributed by atoms with van der Waals surface area (Å²) in [5.41, 5.74) is 5.24. The lowest BCUT2D eigenvalue weighted by Crippen LogP contribution is -2.27. The van der Waals surface area contributed by atoms with Crippen molar-refractivity contribution in [3.63, 3.8) is 0 Å². The number of hydrogen-bond donors (Lipinski definition) is 1. The first kappa shape index (κ1) is 9.25. The number of nitrogens with two attached hydrogens (primary N) is 1. The van der Waals surface area contributed by atoms with Gasteiger partial charge in [-0.3, -0.25) is 14.9 Å². The van der Waals surface area contributed by atoms with E-state index < -0.39 is 17.2 Å². The zero-order valence-electron chi connectivity index (χ0n) is 7.38. The zero-order valence-corrected chi connectivity index (χ0v) is 7.38. The molecule has 15 heavy (non-hydrogen) atoms. The number of fused-ring (bicyclic) bond motifs is 1. The minimum absolute atomic E-state index is 0.146. The molecule has 0 spiro atoms. The number of nitro groups is 1. The Morgan fingerprint density at radius 1 is 1.40 bits per heavy atom. The summed E-state index contributed by atoms with van der Waals surface area (Å²) in [5.74, 6) is -0.263. The maximum absolute atomic E-state index is 10.8. The highest BCUT2D eigenvalue weighted by atomic mass is 16.8. The largest absolute Gasteiger partial charge is 0.517 e. The van der Waals surface area contributed by atoms with Gasteiger partial charge in [-0.1, -0.05) is 0 Å². The molecule has 0 saturated heterocycles. The Morgan fingerprint density at radius 3 is 2.67 bits per heavy atom. The Kier molecular flexibility index (Phi) is 1.93. The Balaban J connectivity index is 2.31. The van der Waals surface area contributed by atoms with Crippen molar-refractivity contribution in [2.75, 3.05) is 0 Å². The van der Waals surface area contributed by atoms with E-state index in [4.69, 9.17) is 15.2 Å². The van der Waals surface area contributed by atoms with Gasteiger partial charge < -0.3 is 15.2 Å². The Hall–Kier alpha value is -2.31. The van der Waals surface area contributed by atoms with Crippen LogP contribution in [0.15, 0.2) is 18.2 Å². The molecular weight excluding hydrogens is 204 g/mol. The standard InChI is InChI=1S/C8H6N2O5/c9-7(11)4-1-2-5-6(3-4)15-8(14-5)10(12)13/h1-3,8H,(H2,9,11). The van der Waals surface area contributed by atoms with Gasteiger partial charge >= 0.3 is 6.41 Å². The van der Waals surface area contributed by atoms with Crippen LogP contribution in [0.1, 0.15) is 10.4 Å². The highest BCUT2D eigenvalue weighted by Gasteiger charge is 2.33. The number of rotatable bonds is 2. The zero-order chi connectivity index (χ0) is 11.0. The molecule has 1 aromatic rings. The first-order valence-corrected chi connectivity index (χ1v) is 3.98. The topological polar surface area (TPSA) is 105 Å². The van der Waals surface area contributed by atoms with Gasteiger partial charge in [0.1, 0.15) is 4.92 Å². The van der Waals surface area contributed by atoms with Crippen LogP contribution < -0.4 is 15.2 Å². The fraction of sp³-hybridized carbons (Fsp3) is 0.125. The summed E-state index contributed by atoms with van der Waals surface area (Å²) >= 11 is 0. The molecular formula is C8H6N2O5. The molecule has 0 fully saturated rings. The van der Waals surface area contributed by atoms with E-state index in [2.05, 4.69) is 0 Å². The van der Waals surface area contributed by atoms with Crippen molar-refractivity contribution in [1.29, 1.82) is 0 Å². The van der Waals surface area contributed by atoms with E-state index >= 15 is 0 Å². The average molecular weight is 210 g/mol. The number of amides is 1. The van der Waals surface area contributed by atoms with Crippen LogP contribution in [0.25, 0.3) is 0 Å². The van der Waals surface area contributed by atoms with E-state index in [0.29, 0.717) is 0 Å². The van der Waals surface area contributed by atoms with Crippen molar-refractivity contribution in [3.8, 4) is 11.5 Å². The summed E-state index contributed by atoms with van der Waals surface area (Å²) in [5, 5.41) is 10.4. The maximum atomic E-state index is 10.8. The molecule has 1 aliphatic heterocycles. The summed E-state index contributed by atoms with van der Waals surface area (Å²) < 4.78 is 9.66. The second-order valence-electron chi connectivity index (χ2n) is 2.85. The number of benzene rings is 1. The molecule has 1 unspecified atom stereocenters. The molecule has 0 aliphatic carbocycles. The molecule has 1 aliphatic rings. The number of carbonyl (C=O) groups is 1. The number of nitrogens with zero attached hydrogens (tertiary/aromatic N) is 1. The molecule has 0 saturated carbocycles. The van der Waals surface area contributed by atoms with E-state index in [1.165, 1.54) is 18.2 Å². The first-order chi connectivity index (χ1) is 7.08. The van der Waals surface area contributed by atoms with Crippen LogP contribution >= 0.6 is 0 Å². The van der Waals surface area contributed by atoms with Crippen molar-refractivity contribution in [3.05, 3.63) is 33.9 Å². The quantitative estimate of drug-likeness (QED) is 0.551. The van der Waals surface area contributed by atoms with Gasteiger partial charge in [-0.25, -0.2) is 0 Å². The predicted molar refractivity (Wildman–Crippen MR) is 47.0 cm³/mol. The van der Waals surface area contributed by atoms with Crippen LogP contribution in [0.5, 0.6) is 11.5 Å². The molecule has 0 aromatic heterocycles. The number of primary amides is 1. The summed E-state index contributed by atoms with van der Waals surface area (Å²) in [7, 11) is 0. The Bertz CT molecular complexity index is 445. The second kappa shape index (κ2) is 3.12. The van der Waals surface area contributed by atoms with E-state index in [1.54, 1.807) is 0 Å². The fourth-order valence-corrected chi connectivity index (χ4v) is 1.18. The van der Waals surface area contributed by atoms with Crippen molar-refractivity contribution in [2.45, 2.75) is 6.41 Å². The summed E-state index contributed by atoms with van der Waals surface area (Å²) in [6, 6.07) is 4.12. The SMILES string of the molecule is NC(=O)c1ccc2c(c1)OC([N+](=O)[O-])O2. The van der Waals surface area contributed by atoms with Crippen LogP contribution in [0, 0.1) is 10.1 Å². The van der Waals surface area contributed by atoms with Gasteiger partial charge in [0.2, 0.25) is 5.91 Å². The van der Waals surface area contributed by atoms with Gasteiger partial charge in [-0.15, -0.1) is 0 Å². The van der Waals surface area contributed by atoms with Crippen LogP contribution in [0.2, 0.25) is 0 Å². The Labute approximate surface area is 83.5 Å². The molecule has 1 amide bonds. The maximum Gasteiger partial charge on any atom is 0.517 e. The summed E-state index contributed by atoms with van der Waals surface area (Å²) in [6.07, 6.45) is -1.55. The van der Waals surface area contributed by atoms with Gasteiger partial charge in [0.25, 0.3) is 0 Å². The molecule has 1 atom stereocenters. The van der Waals surface area contributed by atoms with E-state index in [9.17, 15) is 14.9 Å². The second-order valence-corrected chi connectivity index (χ2v) is 2.85. The number of carbonyl (C=O) groups excluding carboxylic acids is 1. The molecule has 7 heteroatoms. The van der Waals surface area contributed by atoms with Gasteiger partial charge in [0.15, 0.2) is 11.5 Å². The molecule has 0 bridgehead atoms. The van der Waals surface area contributed by atoms with E-state index in [1.807, 2.05) is 0 Å².